The first-order valence-electron chi connectivity index (χ1n) is 8.32. The second-order valence-electron chi connectivity index (χ2n) is 6.72. The van der Waals surface area contributed by atoms with Gasteiger partial charge in [0.05, 0.1) is 16.8 Å². The van der Waals surface area contributed by atoms with Gasteiger partial charge in [-0.1, -0.05) is 23.8 Å². The lowest BCUT2D eigenvalue weighted by molar-refractivity contribution is 0.611. The first-order valence-corrected chi connectivity index (χ1v) is 8.32. The van der Waals surface area contributed by atoms with E-state index >= 15 is 0 Å². The highest BCUT2D eigenvalue weighted by Crippen LogP contribution is 2.47. The Morgan fingerprint density at radius 2 is 1.67 bits per heavy atom. The van der Waals surface area contributed by atoms with E-state index in [-0.39, 0.29) is 5.92 Å². The maximum atomic E-state index is 9.78. The van der Waals surface area contributed by atoms with E-state index in [9.17, 15) is 10.5 Å². The van der Waals surface area contributed by atoms with Crippen LogP contribution in [0.2, 0.25) is 0 Å². The Morgan fingerprint density at radius 1 is 1.04 bits per heavy atom. The van der Waals surface area contributed by atoms with E-state index in [1.807, 2.05) is 0 Å². The van der Waals surface area contributed by atoms with Gasteiger partial charge < -0.3 is 5.73 Å². The van der Waals surface area contributed by atoms with Gasteiger partial charge in [-0.05, 0) is 67.9 Å². The van der Waals surface area contributed by atoms with Crippen molar-refractivity contribution in [2.75, 3.05) is 0 Å². The molecular formula is C21H21N3. The largest absolute Gasteiger partial charge is 0.397 e. The molecule has 1 aromatic rings. The van der Waals surface area contributed by atoms with Gasteiger partial charge in [-0.2, -0.15) is 10.5 Å². The number of benzene rings is 1. The maximum absolute atomic E-state index is 9.78. The van der Waals surface area contributed by atoms with E-state index in [0.717, 1.165) is 47.1 Å². The number of allylic oxidation sites excluding steroid dienone is 5. The fraction of sp³-hybridized carbons (Fsp3) is 0.333. The fourth-order valence-corrected chi connectivity index (χ4v) is 4.20. The predicted octanol–water partition coefficient (Wildman–Crippen LogP) is 4.37. The zero-order valence-corrected chi connectivity index (χ0v) is 14.4. The molecule has 0 saturated heterocycles. The number of aryl methyl sites for hydroxylation is 3. The average Bonchev–Trinajstić information content (AvgIpc) is 2.54. The summed E-state index contributed by atoms with van der Waals surface area (Å²) in [6.45, 7) is 6.25. The third-order valence-electron chi connectivity index (χ3n) is 5.05. The summed E-state index contributed by atoms with van der Waals surface area (Å²) in [4.78, 5) is 0. The van der Waals surface area contributed by atoms with Crippen molar-refractivity contribution in [1.29, 1.82) is 10.5 Å². The highest BCUT2D eigenvalue weighted by Gasteiger charge is 2.35. The maximum Gasteiger partial charge on any atom is 0.102 e. The van der Waals surface area contributed by atoms with Gasteiger partial charge in [-0.15, -0.1) is 0 Å². The standard InChI is InChI=1S/C21H21N3/c1-12-8-13(2)19(14(3)9-12)20-16-7-5-4-6-15(16)17(10-22)21(24)18(20)11-23/h6,8-9,16H,4-5,7,24H2,1-3H3/t16-/m0/s1. The van der Waals surface area contributed by atoms with Gasteiger partial charge in [0.25, 0.3) is 0 Å². The van der Waals surface area contributed by atoms with Gasteiger partial charge >= 0.3 is 0 Å². The van der Waals surface area contributed by atoms with Crippen LogP contribution in [-0.2, 0) is 0 Å². The quantitative estimate of drug-likeness (QED) is 0.836. The van der Waals surface area contributed by atoms with Crippen LogP contribution < -0.4 is 5.73 Å². The summed E-state index contributed by atoms with van der Waals surface area (Å²) >= 11 is 0. The molecule has 0 aromatic heterocycles. The Morgan fingerprint density at radius 3 is 2.25 bits per heavy atom. The smallest absolute Gasteiger partial charge is 0.102 e. The molecule has 0 heterocycles. The number of fused-ring (bicyclic) bond motifs is 1. The summed E-state index contributed by atoms with van der Waals surface area (Å²) < 4.78 is 0. The molecule has 0 fully saturated rings. The summed E-state index contributed by atoms with van der Waals surface area (Å²) in [6.07, 6.45) is 5.12. The molecule has 0 amide bonds. The van der Waals surface area contributed by atoms with Crippen LogP contribution in [0.1, 0.15) is 41.5 Å². The van der Waals surface area contributed by atoms with Crippen LogP contribution >= 0.6 is 0 Å². The highest BCUT2D eigenvalue weighted by molar-refractivity contribution is 5.87. The molecule has 2 N–H and O–H groups in total. The molecule has 0 saturated carbocycles. The zero-order valence-electron chi connectivity index (χ0n) is 14.4. The van der Waals surface area contributed by atoms with E-state index in [1.165, 1.54) is 5.56 Å². The zero-order chi connectivity index (χ0) is 17.4. The van der Waals surface area contributed by atoms with Crippen molar-refractivity contribution in [3.8, 4) is 12.1 Å². The first-order chi connectivity index (χ1) is 11.5. The number of rotatable bonds is 1. The molecule has 24 heavy (non-hydrogen) atoms. The van der Waals surface area contributed by atoms with Gasteiger partial charge in [0.15, 0.2) is 0 Å². The Hall–Kier alpha value is -2.78. The SMILES string of the molecule is Cc1cc(C)c(C2=C(C#N)C(N)=C(C#N)C3=CCCC[C@@H]32)c(C)c1. The molecule has 0 bridgehead atoms. The van der Waals surface area contributed by atoms with Crippen molar-refractivity contribution >= 4 is 5.57 Å². The van der Waals surface area contributed by atoms with Crippen LogP contribution in [0.3, 0.4) is 0 Å². The lowest BCUT2D eigenvalue weighted by Crippen LogP contribution is -2.23. The Bertz CT molecular complexity index is 875. The van der Waals surface area contributed by atoms with Crippen molar-refractivity contribution < 1.29 is 0 Å². The van der Waals surface area contributed by atoms with Crippen LogP contribution in [0.5, 0.6) is 0 Å². The van der Waals surface area contributed by atoms with Crippen molar-refractivity contribution in [3.05, 3.63) is 62.9 Å². The van der Waals surface area contributed by atoms with Crippen molar-refractivity contribution in [3.63, 3.8) is 0 Å². The van der Waals surface area contributed by atoms with Gasteiger partial charge in [-0.3, -0.25) is 0 Å². The van der Waals surface area contributed by atoms with Crippen molar-refractivity contribution in [2.24, 2.45) is 11.7 Å². The summed E-state index contributed by atoms with van der Waals surface area (Å²) in [5.41, 5.74) is 14.2. The van der Waals surface area contributed by atoms with E-state index in [4.69, 9.17) is 5.73 Å². The van der Waals surface area contributed by atoms with Crippen LogP contribution in [-0.4, -0.2) is 0 Å². The molecule has 3 rings (SSSR count). The molecule has 2 aliphatic rings. The normalized spacial score (nSPS) is 20.2. The summed E-state index contributed by atoms with van der Waals surface area (Å²) in [5, 5.41) is 19.3. The number of hydrogen-bond donors (Lipinski definition) is 1. The molecule has 120 valence electrons. The summed E-state index contributed by atoms with van der Waals surface area (Å²) in [5.74, 6) is 0.0930. The van der Waals surface area contributed by atoms with Crippen LogP contribution in [0.4, 0.5) is 0 Å². The fourth-order valence-electron chi connectivity index (χ4n) is 4.20. The lowest BCUT2D eigenvalue weighted by atomic mass is 9.69. The number of nitrogens with zero attached hydrogens (tertiary/aromatic N) is 2. The Balaban J connectivity index is 2.38. The first kappa shape index (κ1) is 16.1. The van der Waals surface area contributed by atoms with Gasteiger partial charge in [0.1, 0.15) is 12.1 Å². The second-order valence-corrected chi connectivity index (χ2v) is 6.72. The highest BCUT2D eigenvalue weighted by atomic mass is 14.6. The number of nitrogens with two attached hydrogens (primary N) is 1. The topological polar surface area (TPSA) is 73.6 Å². The van der Waals surface area contributed by atoms with Gasteiger partial charge in [-0.25, -0.2) is 0 Å². The molecule has 2 aliphatic carbocycles. The second kappa shape index (κ2) is 6.02. The minimum absolute atomic E-state index is 0.0930. The van der Waals surface area contributed by atoms with E-state index in [0.29, 0.717) is 16.8 Å². The number of nitriles is 2. The molecule has 0 radical (unpaired) electrons. The molecule has 3 heteroatoms. The van der Waals surface area contributed by atoms with Crippen LogP contribution in [0.15, 0.2) is 40.6 Å². The third-order valence-corrected chi connectivity index (χ3v) is 5.05. The summed E-state index contributed by atoms with van der Waals surface area (Å²) in [7, 11) is 0. The van der Waals surface area contributed by atoms with E-state index in [1.54, 1.807) is 0 Å². The average molecular weight is 315 g/mol. The van der Waals surface area contributed by atoms with Gasteiger partial charge in [0, 0.05) is 5.92 Å². The Kier molecular flexibility index (Phi) is 4.04. The lowest BCUT2D eigenvalue weighted by Gasteiger charge is -2.33. The third kappa shape index (κ3) is 2.34. The molecule has 1 aromatic carbocycles. The molecule has 0 unspecified atom stereocenters. The van der Waals surface area contributed by atoms with Gasteiger partial charge in [0.2, 0.25) is 0 Å². The molecule has 0 spiro atoms. The minimum atomic E-state index is 0.0930. The molecular weight excluding hydrogens is 294 g/mol. The van der Waals surface area contributed by atoms with Crippen molar-refractivity contribution in [1.82, 2.24) is 0 Å². The van der Waals surface area contributed by atoms with Crippen LogP contribution in [0.25, 0.3) is 5.57 Å². The minimum Gasteiger partial charge on any atom is -0.397 e. The van der Waals surface area contributed by atoms with E-state index < -0.39 is 0 Å². The monoisotopic (exact) mass is 315 g/mol. The molecule has 1 atom stereocenters. The molecule has 3 nitrogen and oxygen atoms in total. The predicted molar refractivity (Wildman–Crippen MR) is 95.4 cm³/mol. The Labute approximate surface area is 143 Å². The number of hydrogen-bond acceptors (Lipinski definition) is 3. The van der Waals surface area contributed by atoms with E-state index in [2.05, 4.69) is 51.1 Å². The molecule has 0 aliphatic heterocycles. The summed E-state index contributed by atoms with van der Waals surface area (Å²) in [6, 6.07) is 8.81. The van der Waals surface area contributed by atoms with Crippen LogP contribution in [0, 0.1) is 49.4 Å². The van der Waals surface area contributed by atoms with Crippen molar-refractivity contribution in [2.45, 2.75) is 40.0 Å².